The Balaban J connectivity index is 2.16. The van der Waals surface area contributed by atoms with Crippen LogP contribution in [0.25, 0.3) is 0 Å². The number of anilines is 2. The predicted octanol–water partition coefficient (Wildman–Crippen LogP) is 1.17. The van der Waals surface area contributed by atoms with E-state index in [4.69, 9.17) is 11.6 Å². The highest BCUT2D eigenvalue weighted by molar-refractivity contribution is 6.28. The molecule has 1 unspecified atom stereocenters. The van der Waals surface area contributed by atoms with E-state index in [0.29, 0.717) is 11.9 Å². The first-order valence-corrected chi connectivity index (χ1v) is 6.62. The Kier molecular flexibility index (Phi) is 4.54. The van der Waals surface area contributed by atoms with Crippen molar-refractivity contribution in [2.45, 2.75) is 19.8 Å². The van der Waals surface area contributed by atoms with Crippen LogP contribution in [0, 0.1) is 5.92 Å². The highest BCUT2D eigenvalue weighted by Crippen LogP contribution is 2.21. The fourth-order valence-corrected chi connectivity index (χ4v) is 2.27. The van der Waals surface area contributed by atoms with Crippen LogP contribution in [0.3, 0.4) is 0 Å². The number of aliphatic hydroxyl groups excluding tert-OH is 1. The van der Waals surface area contributed by atoms with Gasteiger partial charge in [-0.1, -0.05) is 0 Å². The monoisotopic (exact) mass is 271 g/mol. The molecule has 1 fully saturated rings. The van der Waals surface area contributed by atoms with Crippen LogP contribution >= 0.6 is 11.6 Å². The maximum atomic E-state index is 9.23. The molecule has 1 saturated heterocycles. The van der Waals surface area contributed by atoms with Gasteiger partial charge in [-0.05, 0) is 37.3 Å². The van der Waals surface area contributed by atoms with Crippen LogP contribution in [-0.4, -0.2) is 46.3 Å². The highest BCUT2D eigenvalue weighted by atomic mass is 35.5. The minimum absolute atomic E-state index is 0.196. The lowest BCUT2D eigenvalue weighted by Crippen LogP contribution is -2.38. The standard InChI is InChI=1S/C11H18ClN5O/c1-2-13-10-14-9(12)15-11(16-10)17-5-3-4-8(6-17)7-18/h8,18H,2-7H2,1H3,(H,13,14,15,16). The van der Waals surface area contributed by atoms with E-state index >= 15 is 0 Å². The van der Waals surface area contributed by atoms with Gasteiger partial charge < -0.3 is 15.3 Å². The fraction of sp³-hybridized carbons (Fsp3) is 0.727. The molecule has 0 spiro atoms. The Morgan fingerprint density at radius 3 is 3.00 bits per heavy atom. The van der Waals surface area contributed by atoms with Gasteiger partial charge in [-0.15, -0.1) is 0 Å². The smallest absolute Gasteiger partial charge is 0.231 e. The minimum atomic E-state index is 0.196. The second-order valence-electron chi connectivity index (χ2n) is 4.40. The van der Waals surface area contributed by atoms with Crippen LogP contribution in [0.2, 0.25) is 5.28 Å². The molecule has 1 aliphatic rings. The molecule has 100 valence electrons. The van der Waals surface area contributed by atoms with E-state index in [-0.39, 0.29) is 17.8 Å². The Hall–Kier alpha value is -1.14. The Morgan fingerprint density at radius 2 is 2.28 bits per heavy atom. The van der Waals surface area contributed by atoms with Crippen LogP contribution < -0.4 is 10.2 Å². The van der Waals surface area contributed by atoms with Crippen molar-refractivity contribution in [3.05, 3.63) is 5.28 Å². The van der Waals surface area contributed by atoms with Gasteiger partial charge in [0.15, 0.2) is 0 Å². The molecule has 1 aromatic rings. The maximum absolute atomic E-state index is 9.23. The average Bonchev–Trinajstić information content (AvgIpc) is 2.38. The molecule has 0 aromatic carbocycles. The summed E-state index contributed by atoms with van der Waals surface area (Å²) in [6.07, 6.45) is 2.08. The molecule has 0 radical (unpaired) electrons. The van der Waals surface area contributed by atoms with E-state index in [2.05, 4.69) is 25.2 Å². The lowest BCUT2D eigenvalue weighted by Gasteiger charge is -2.31. The van der Waals surface area contributed by atoms with Crippen molar-refractivity contribution >= 4 is 23.5 Å². The zero-order chi connectivity index (χ0) is 13.0. The Morgan fingerprint density at radius 1 is 1.44 bits per heavy atom. The fourth-order valence-electron chi connectivity index (χ4n) is 2.11. The summed E-state index contributed by atoms with van der Waals surface area (Å²) in [5, 5.41) is 12.5. The SMILES string of the molecule is CCNc1nc(Cl)nc(N2CCCC(CO)C2)n1. The number of halogens is 1. The zero-order valence-electron chi connectivity index (χ0n) is 10.4. The van der Waals surface area contributed by atoms with Gasteiger partial charge in [0.25, 0.3) is 0 Å². The van der Waals surface area contributed by atoms with Crippen molar-refractivity contribution in [2.24, 2.45) is 5.92 Å². The van der Waals surface area contributed by atoms with Gasteiger partial charge in [-0.3, -0.25) is 0 Å². The molecular formula is C11H18ClN5O. The topological polar surface area (TPSA) is 74.2 Å². The van der Waals surface area contributed by atoms with Gasteiger partial charge in [-0.2, -0.15) is 15.0 Å². The molecule has 0 saturated carbocycles. The van der Waals surface area contributed by atoms with Crippen molar-refractivity contribution in [1.29, 1.82) is 0 Å². The summed E-state index contributed by atoms with van der Waals surface area (Å²) in [6.45, 7) is 4.57. The average molecular weight is 272 g/mol. The summed E-state index contributed by atoms with van der Waals surface area (Å²) in [7, 11) is 0. The number of rotatable bonds is 4. The number of aliphatic hydroxyl groups is 1. The van der Waals surface area contributed by atoms with Crippen LogP contribution in [0.4, 0.5) is 11.9 Å². The number of hydrogen-bond acceptors (Lipinski definition) is 6. The van der Waals surface area contributed by atoms with Gasteiger partial charge in [0.05, 0.1) is 0 Å². The van der Waals surface area contributed by atoms with Crippen molar-refractivity contribution in [2.75, 3.05) is 36.5 Å². The lowest BCUT2D eigenvalue weighted by atomic mass is 9.99. The molecule has 2 N–H and O–H groups in total. The van der Waals surface area contributed by atoms with Crippen molar-refractivity contribution in [3.63, 3.8) is 0 Å². The molecule has 2 heterocycles. The van der Waals surface area contributed by atoms with Crippen molar-refractivity contribution < 1.29 is 5.11 Å². The first-order chi connectivity index (χ1) is 8.72. The second-order valence-corrected chi connectivity index (χ2v) is 4.73. The third-order valence-corrected chi connectivity index (χ3v) is 3.16. The molecule has 0 bridgehead atoms. The molecule has 6 nitrogen and oxygen atoms in total. The normalized spacial score (nSPS) is 19.9. The highest BCUT2D eigenvalue weighted by Gasteiger charge is 2.22. The first kappa shape index (κ1) is 13.3. The van der Waals surface area contributed by atoms with E-state index in [0.717, 1.165) is 32.5 Å². The second kappa shape index (κ2) is 6.15. The summed E-state index contributed by atoms with van der Waals surface area (Å²) in [5.74, 6) is 1.37. The molecule has 2 rings (SSSR count). The summed E-state index contributed by atoms with van der Waals surface area (Å²) in [6, 6.07) is 0. The van der Waals surface area contributed by atoms with E-state index in [1.807, 2.05) is 6.92 Å². The molecule has 0 amide bonds. The van der Waals surface area contributed by atoms with Crippen molar-refractivity contribution in [1.82, 2.24) is 15.0 Å². The third kappa shape index (κ3) is 3.20. The number of piperidine rings is 1. The van der Waals surface area contributed by atoms with Gasteiger partial charge >= 0.3 is 0 Å². The summed E-state index contributed by atoms with van der Waals surface area (Å²) < 4.78 is 0. The van der Waals surface area contributed by atoms with Gasteiger partial charge in [0.2, 0.25) is 17.2 Å². The van der Waals surface area contributed by atoms with E-state index in [9.17, 15) is 5.11 Å². The number of nitrogens with zero attached hydrogens (tertiary/aromatic N) is 4. The zero-order valence-corrected chi connectivity index (χ0v) is 11.2. The minimum Gasteiger partial charge on any atom is -0.396 e. The number of hydrogen-bond donors (Lipinski definition) is 2. The van der Waals surface area contributed by atoms with E-state index in [1.165, 1.54) is 0 Å². The molecule has 0 aliphatic carbocycles. The molecule has 7 heteroatoms. The maximum Gasteiger partial charge on any atom is 0.231 e. The van der Waals surface area contributed by atoms with Gasteiger partial charge in [0.1, 0.15) is 0 Å². The number of nitrogens with one attached hydrogen (secondary N) is 1. The van der Waals surface area contributed by atoms with E-state index < -0.39 is 0 Å². The van der Waals surface area contributed by atoms with Crippen LogP contribution in [-0.2, 0) is 0 Å². The van der Waals surface area contributed by atoms with Crippen LogP contribution in [0.1, 0.15) is 19.8 Å². The van der Waals surface area contributed by atoms with E-state index in [1.54, 1.807) is 0 Å². The van der Waals surface area contributed by atoms with Crippen LogP contribution in [0.5, 0.6) is 0 Å². The Bertz CT molecular complexity index is 403. The summed E-state index contributed by atoms with van der Waals surface area (Å²) in [4.78, 5) is 14.6. The molecular weight excluding hydrogens is 254 g/mol. The largest absolute Gasteiger partial charge is 0.396 e. The third-order valence-electron chi connectivity index (χ3n) is 2.99. The first-order valence-electron chi connectivity index (χ1n) is 6.24. The number of aromatic nitrogens is 3. The van der Waals surface area contributed by atoms with Gasteiger partial charge in [0, 0.05) is 26.2 Å². The van der Waals surface area contributed by atoms with Crippen molar-refractivity contribution in [3.8, 4) is 0 Å². The summed E-state index contributed by atoms with van der Waals surface area (Å²) in [5.41, 5.74) is 0. The predicted molar refractivity (Wildman–Crippen MR) is 71.0 cm³/mol. The molecule has 1 aliphatic heterocycles. The van der Waals surface area contributed by atoms with Gasteiger partial charge in [-0.25, -0.2) is 0 Å². The molecule has 18 heavy (non-hydrogen) atoms. The Labute approximate surface area is 111 Å². The summed E-state index contributed by atoms with van der Waals surface area (Å²) >= 11 is 5.90. The van der Waals surface area contributed by atoms with Crippen LogP contribution in [0.15, 0.2) is 0 Å². The molecule has 1 aromatic heterocycles. The lowest BCUT2D eigenvalue weighted by molar-refractivity contribution is 0.208. The molecule has 1 atom stereocenters. The quantitative estimate of drug-likeness (QED) is 0.856.